The van der Waals surface area contributed by atoms with E-state index in [0.29, 0.717) is 5.69 Å². The number of rotatable bonds is 4. The summed E-state index contributed by atoms with van der Waals surface area (Å²) in [6.07, 6.45) is -4.41. The fourth-order valence-electron chi connectivity index (χ4n) is 1.64. The largest absolute Gasteiger partial charge is 0.416 e. The van der Waals surface area contributed by atoms with Crippen molar-refractivity contribution in [2.75, 3.05) is 18.0 Å². The van der Waals surface area contributed by atoms with E-state index in [1.54, 1.807) is 0 Å². The van der Waals surface area contributed by atoms with E-state index in [2.05, 4.69) is 5.32 Å². The summed E-state index contributed by atoms with van der Waals surface area (Å²) < 4.78 is 37.3. The highest BCUT2D eigenvalue weighted by Crippen LogP contribution is 2.30. The molecular weight excluding hydrogens is 273 g/mol. The molecule has 4 nitrogen and oxygen atoms in total. The number of nitrogens with zero attached hydrogens (tertiary/aromatic N) is 1. The average molecular weight is 288 g/mol. The molecule has 1 aromatic carbocycles. The topological polar surface area (TPSA) is 49.4 Å². The Hall–Kier alpha value is -2.05. The van der Waals surface area contributed by atoms with Crippen molar-refractivity contribution in [2.24, 2.45) is 0 Å². The molecule has 0 aliphatic carbocycles. The number of halogens is 3. The van der Waals surface area contributed by atoms with Crippen molar-refractivity contribution >= 4 is 17.5 Å². The molecule has 0 saturated carbocycles. The molecule has 20 heavy (non-hydrogen) atoms. The molecule has 1 N–H and O–H groups in total. The number of nitrogens with one attached hydrogen (secondary N) is 1. The van der Waals surface area contributed by atoms with Crippen molar-refractivity contribution < 1.29 is 22.8 Å². The van der Waals surface area contributed by atoms with Gasteiger partial charge in [0.05, 0.1) is 5.56 Å². The van der Waals surface area contributed by atoms with Gasteiger partial charge in [0, 0.05) is 32.6 Å². The van der Waals surface area contributed by atoms with Crippen molar-refractivity contribution in [3.8, 4) is 0 Å². The number of carbonyl (C=O) groups excluding carboxylic acids is 2. The smallest absolute Gasteiger partial charge is 0.355 e. The molecule has 2 amide bonds. The molecule has 1 aromatic rings. The highest BCUT2D eigenvalue weighted by Gasteiger charge is 2.30. The maximum Gasteiger partial charge on any atom is 0.416 e. The molecule has 0 saturated heterocycles. The lowest BCUT2D eigenvalue weighted by Crippen LogP contribution is -2.36. The van der Waals surface area contributed by atoms with Gasteiger partial charge in [-0.05, 0) is 24.3 Å². The van der Waals surface area contributed by atoms with Gasteiger partial charge in [0.25, 0.3) is 0 Å². The van der Waals surface area contributed by atoms with Gasteiger partial charge in [0.15, 0.2) is 0 Å². The van der Waals surface area contributed by atoms with Gasteiger partial charge in [0.2, 0.25) is 11.8 Å². The minimum Gasteiger partial charge on any atom is -0.355 e. The van der Waals surface area contributed by atoms with E-state index < -0.39 is 11.7 Å². The Labute approximate surface area is 114 Å². The summed E-state index contributed by atoms with van der Waals surface area (Å²) in [6.45, 7) is 3.08. The van der Waals surface area contributed by atoms with Crippen LogP contribution in [-0.4, -0.2) is 24.9 Å². The monoisotopic (exact) mass is 288 g/mol. The van der Waals surface area contributed by atoms with Crippen LogP contribution in [0, 0.1) is 0 Å². The predicted octanol–water partition coefficient (Wildman–Crippen LogP) is 2.19. The van der Waals surface area contributed by atoms with E-state index in [4.69, 9.17) is 0 Å². The number of hydrogen-bond acceptors (Lipinski definition) is 2. The maximum absolute atomic E-state index is 12.4. The summed E-state index contributed by atoms with van der Waals surface area (Å²) in [6, 6.07) is 4.31. The van der Waals surface area contributed by atoms with Gasteiger partial charge >= 0.3 is 6.18 Å². The molecule has 0 aromatic heterocycles. The molecule has 0 heterocycles. The summed E-state index contributed by atoms with van der Waals surface area (Å²) in [5.74, 6) is -0.545. The molecule has 110 valence electrons. The zero-order valence-electron chi connectivity index (χ0n) is 11.1. The normalized spacial score (nSPS) is 11.1. The van der Waals surface area contributed by atoms with Gasteiger partial charge in [-0.2, -0.15) is 13.2 Å². The summed E-state index contributed by atoms with van der Waals surface area (Å²) in [5.41, 5.74) is -0.414. The molecule has 0 bridgehead atoms. The van der Waals surface area contributed by atoms with Crippen LogP contribution in [0.5, 0.6) is 0 Å². The second-order valence-electron chi connectivity index (χ2n) is 4.20. The van der Waals surface area contributed by atoms with Crippen LogP contribution in [0.15, 0.2) is 24.3 Å². The van der Waals surface area contributed by atoms with Gasteiger partial charge in [-0.3, -0.25) is 9.59 Å². The molecular formula is C13H15F3N2O2. The third-order valence-corrected chi connectivity index (χ3v) is 2.60. The Balaban J connectivity index is 2.82. The Bertz CT molecular complexity index is 483. The fourth-order valence-corrected chi connectivity index (χ4v) is 1.64. The van der Waals surface area contributed by atoms with E-state index in [1.165, 1.54) is 30.9 Å². The first-order chi connectivity index (χ1) is 9.21. The molecule has 7 heteroatoms. The van der Waals surface area contributed by atoms with E-state index in [-0.39, 0.29) is 24.9 Å². The first-order valence-corrected chi connectivity index (χ1v) is 5.91. The van der Waals surface area contributed by atoms with Crippen LogP contribution >= 0.6 is 0 Å². The second-order valence-corrected chi connectivity index (χ2v) is 4.20. The SMILES string of the molecule is CC(=O)NCCN(C(C)=O)c1ccc(C(F)(F)F)cc1. The zero-order chi connectivity index (χ0) is 15.3. The molecule has 0 aliphatic heterocycles. The summed E-state index contributed by atoms with van der Waals surface area (Å²) in [5, 5.41) is 2.52. The molecule has 1 rings (SSSR count). The summed E-state index contributed by atoms with van der Waals surface area (Å²) in [4.78, 5) is 23.5. The van der Waals surface area contributed by atoms with Gasteiger partial charge in [-0.15, -0.1) is 0 Å². The Morgan fingerprint density at radius 3 is 2.10 bits per heavy atom. The van der Waals surface area contributed by atoms with Crippen molar-refractivity contribution in [3.05, 3.63) is 29.8 Å². The highest BCUT2D eigenvalue weighted by atomic mass is 19.4. The number of benzene rings is 1. The van der Waals surface area contributed by atoms with Crippen LogP contribution in [0.4, 0.5) is 18.9 Å². The molecule has 0 aliphatic rings. The van der Waals surface area contributed by atoms with Gasteiger partial charge in [-0.25, -0.2) is 0 Å². The summed E-state index contributed by atoms with van der Waals surface area (Å²) in [7, 11) is 0. The van der Waals surface area contributed by atoms with E-state index >= 15 is 0 Å². The van der Waals surface area contributed by atoms with Crippen molar-refractivity contribution in [3.63, 3.8) is 0 Å². The minimum absolute atomic E-state index is 0.195. The standard InChI is InChI=1S/C13H15F3N2O2/c1-9(19)17-7-8-18(10(2)20)12-5-3-11(4-6-12)13(14,15)16/h3-6H,7-8H2,1-2H3,(H,17,19). The van der Waals surface area contributed by atoms with Crippen LogP contribution in [0.1, 0.15) is 19.4 Å². The average Bonchev–Trinajstić information content (AvgIpc) is 2.33. The van der Waals surface area contributed by atoms with Crippen LogP contribution in [0.25, 0.3) is 0 Å². The van der Waals surface area contributed by atoms with Gasteiger partial charge in [-0.1, -0.05) is 0 Å². The first kappa shape index (κ1) is 16.0. The second kappa shape index (κ2) is 6.40. The molecule has 0 fully saturated rings. The third-order valence-electron chi connectivity index (χ3n) is 2.60. The highest BCUT2D eigenvalue weighted by molar-refractivity contribution is 5.91. The van der Waals surface area contributed by atoms with E-state index in [9.17, 15) is 22.8 Å². The number of carbonyl (C=O) groups is 2. The van der Waals surface area contributed by atoms with Gasteiger partial charge < -0.3 is 10.2 Å². The number of amides is 2. The zero-order valence-corrected chi connectivity index (χ0v) is 11.1. The Morgan fingerprint density at radius 1 is 1.15 bits per heavy atom. The van der Waals surface area contributed by atoms with Crippen LogP contribution in [-0.2, 0) is 15.8 Å². The Kier molecular flexibility index (Phi) is 5.12. The van der Waals surface area contributed by atoms with Crippen molar-refractivity contribution in [2.45, 2.75) is 20.0 Å². The lowest BCUT2D eigenvalue weighted by molar-refractivity contribution is -0.137. The first-order valence-electron chi connectivity index (χ1n) is 5.91. The molecule has 0 atom stereocenters. The van der Waals surface area contributed by atoms with Crippen LogP contribution in [0.3, 0.4) is 0 Å². The number of alkyl halides is 3. The lowest BCUT2D eigenvalue weighted by atomic mass is 10.2. The molecule has 0 unspecified atom stereocenters. The lowest BCUT2D eigenvalue weighted by Gasteiger charge is -2.21. The Morgan fingerprint density at radius 2 is 1.70 bits per heavy atom. The van der Waals surface area contributed by atoms with Gasteiger partial charge in [0.1, 0.15) is 0 Å². The minimum atomic E-state index is -4.41. The summed E-state index contributed by atoms with van der Waals surface area (Å²) >= 11 is 0. The number of hydrogen-bond donors (Lipinski definition) is 1. The third kappa shape index (κ3) is 4.56. The molecule has 0 spiro atoms. The quantitative estimate of drug-likeness (QED) is 0.923. The van der Waals surface area contributed by atoms with Crippen LogP contribution in [0.2, 0.25) is 0 Å². The van der Waals surface area contributed by atoms with E-state index in [0.717, 1.165) is 12.1 Å². The molecule has 0 radical (unpaired) electrons. The van der Waals surface area contributed by atoms with Crippen molar-refractivity contribution in [1.82, 2.24) is 5.32 Å². The number of anilines is 1. The predicted molar refractivity (Wildman–Crippen MR) is 68.2 cm³/mol. The van der Waals surface area contributed by atoms with Crippen molar-refractivity contribution in [1.29, 1.82) is 0 Å². The maximum atomic E-state index is 12.4. The fraction of sp³-hybridized carbons (Fsp3) is 0.385. The van der Waals surface area contributed by atoms with Crippen LogP contribution < -0.4 is 10.2 Å². The van der Waals surface area contributed by atoms with E-state index in [1.807, 2.05) is 0 Å².